The Hall–Kier alpha value is -1.97. The lowest BCUT2D eigenvalue weighted by Crippen LogP contribution is -2.42. The molecule has 1 aromatic carbocycles. The minimum absolute atomic E-state index is 0.125. The monoisotopic (exact) mass is 366 g/mol. The molecule has 0 N–H and O–H groups in total. The Balaban J connectivity index is 1.76. The number of rotatable bonds is 3. The van der Waals surface area contributed by atoms with Crippen molar-refractivity contribution in [1.82, 2.24) is 18.5 Å². The maximum Gasteiger partial charge on any atom is 0.281 e. The molecular weight excluding hydrogens is 344 g/mol. The van der Waals surface area contributed by atoms with Crippen LogP contribution >= 0.6 is 0 Å². The highest BCUT2D eigenvalue weighted by molar-refractivity contribution is 7.86. The van der Waals surface area contributed by atoms with E-state index >= 15 is 0 Å². The van der Waals surface area contributed by atoms with Gasteiger partial charge in [0.1, 0.15) is 5.52 Å². The standard InChI is InChI=1S/C16H22N4O4S/c1-12-17-14-6-5-13(11-15(14)24-12)16(21)19-7-4-8-20(10-9-19)25(22,23)18(2)3/h5-6,11H,4,7-10H2,1-3H3. The van der Waals surface area contributed by atoms with Gasteiger partial charge in [-0.25, -0.2) is 4.98 Å². The fraction of sp³-hybridized carbons (Fsp3) is 0.500. The van der Waals surface area contributed by atoms with Gasteiger partial charge in [0.25, 0.3) is 16.1 Å². The molecule has 0 atom stereocenters. The third-order valence-corrected chi connectivity index (χ3v) is 6.21. The zero-order chi connectivity index (χ0) is 18.2. The van der Waals surface area contributed by atoms with Crippen LogP contribution in [-0.4, -0.2) is 73.1 Å². The third-order valence-electron chi connectivity index (χ3n) is 4.27. The molecule has 3 rings (SSSR count). The number of amides is 1. The van der Waals surface area contributed by atoms with Crippen LogP contribution in [0.4, 0.5) is 0 Å². The van der Waals surface area contributed by atoms with E-state index in [0.717, 1.165) is 0 Å². The maximum absolute atomic E-state index is 12.8. The number of aryl methyl sites for hydroxylation is 1. The first-order chi connectivity index (χ1) is 11.8. The Morgan fingerprint density at radius 2 is 1.96 bits per heavy atom. The molecule has 0 saturated carbocycles. The number of carbonyl (C=O) groups is 1. The zero-order valence-corrected chi connectivity index (χ0v) is 15.4. The van der Waals surface area contributed by atoms with Crippen molar-refractivity contribution in [3.8, 4) is 0 Å². The van der Waals surface area contributed by atoms with Crippen LogP contribution in [0.1, 0.15) is 22.7 Å². The highest BCUT2D eigenvalue weighted by Gasteiger charge is 2.28. The summed E-state index contributed by atoms with van der Waals surface area (Å²) in [6.45, 7) is 3.34. The summed E-state index contributed by atoms with van der Waals surface area (Å²) in [5.41, 5.74) is 1.82. The molecule has 8 nitrogen and oxygen atoms in total. The summed E-state index contributed by atoms with van der Waals surface area (Å²) in [5.74, 6) is 0.430. The van der Waals surface area contributed by atoms with E-state index in [4.69, 9.17) is 4.42 Å². The first-order valence-electron chi connectivity index (χ1n) is 8.13. The van der Waals surface area contributed by atoms with Crippen molar-refractivity contribution in [2.24, 2.45) is 0 Å². The lowest BCUT2D eigenvalue weighted by atomic mass is 10.1. The van der Waals surface area contributed by atoms with Crippen LogP contribution in [0.15, 0.2) is 22.6 Å². The minimum Gasteiger partial charge on any atom is -0.441 e. The van der Waals surface area contributed by atoms with Crippen molar-refractivity contribution in [2.75, 3.05) is 40.3 Å². The molecule has 1 amide bonds. The summed E-state index contributed by atoms with van der Waals surface area (Å²) < 4.78 is 32.6. The largest absolute Gasteiger partial charge is 0.441 e. The molecule has 0 unspecified atom stereocenters. The molecule has 1 aliphatic heterocycles. The molecular formula is C16H22N4O4S. The summed E-state index contributed by atoms with van der Waals surface area (Å²) in [7, 11) is -0.434. The van der Waals surface area contributed by atoms with Crippen LogP contribution in [0, 0.1) is 6.92 Å². The number of hydrogen-bond donors (Lipinski definition) is 0. The SMILES string of the molecule is Cc1nc2ccc(C(=O)N3CCCN(S(=O)(=O)N(C)C)CC3)cc2o1. The molecule has 0 radical (unpaired) electrons. The smallest absolute Gasteiger partial charge is 0.281 e. The first kappa shape index (κ1) is 17.8. The number of aromatic nitrogens is 1. The summed E-state index contributed by atoms with van der Waals surface area (Å²) in [6, 6.07) is 5.18. The van der Waals surface area contributed by atoms with Crippen molar-refractivity contribution >= 4 is 27.2 Å². The molecule has 2 heterocycles. The molecule has 1 aliphatic rings. The van der Waals surface area contributed by atoms with Crippen LogP contribution in [0.25, 0.3) is 11.1 Å². The topological polar surface area (TPSA) is 87.0 Å². The van der Waals surface area contributed by atoms with E-state index in [9.17, 15) is 13.2 Å². The van der Waals surface area contributed by atoms with Crippen LogP contribution in [0.2, 0.25) is 0 Å². The molecule has 1 saturated heterocycles. The minimum atomic E-state index is -3.46. The molecule has 1 aromatic heterocycles. The van der Waals surface area contributed by atoms with Crippen molar-refractivity contribution in [1.29, 1.82) is 0 Å². The maximum atomic E-state index is 12.8. The first-order valence-corrected chi connectivity index (χ1v) is 9.53. The van der Waals surface area contributed by atoms with Gasteiger partial charge in [0, 0.05) is 52.8 Å². The predicted octanol–water partition coefficient (Wildman–Crippen LogP) is 1.09. The quantitative estimate of drug-likeness (QED) is 0.812. The summed E-state index contributed by atoms with van der Waals surface area (Å²) in [5, 5.41) is 0. The van der Waals surface area contributed by atoms with E-state index in [2.05, 4.69) is 4.98 Å². The van der Waals surface area contributed by atoms with Crippen LogP contribution in [0.5, 0.6) is 0 Å². The van der Waals surface area contributed by atoms with Gasteiger partial charge in [-0.3, -0.25) is 4.79 Å². The Morgan fingerprint density at radius 1 is 1.20 bits per heavy atom. The van der Waals surface area contributed by atoms with Gasteiger partial charge in [0.15, 0.2) is 11.5 Å². The van der Waals surface area contributed by atoms with Gasteiger partial charge < -0.3 is 9.32 Å². The average molecular weight is 366 g/mol. The number of fused-ring (bicyclic) bond motifs is 1. The van der Waals surface area contributed by atoms with Gasteiger partial charge in [-0.2, -0.15) is 17.0 Å². The van der Waals surface area contributed by atoms with E-state index in [1.807, 2.05) is 0 Å². The second-order valence-corrected chi connectivity index (χ2v) is 8.39. The fourth-order valence-corrected chi connectivity index (χ4v) is 4.05. The Labute approximate surface area is 147 Å². The second kappa shape index (κ2) is 6.74. The average Bonchev–Trinajstić information content (AvgIpc) is 2.77. The van der Waals surface area contributed by atoms with E-state index in [0.29, 0.717) is 48.6 Å². The molecule has 9 heteroatoms. The summed E-state index contributed by atoms with van der Waals surface area (Å²) in [4.78, 5) is 18.7. The molecule has 1 fully saturated rings. The fourth-order valence-electron chi connectivity index (χ4n) is 2.91. The van der Waals surface area contributed by atoms with E-state index in [1.165, 1.54) is 22.7 Å². The zero-order valence-electron chi connectivity index (χ0n) is 14.6. The molecule has 136 valence electrons. The number of nitrogens with zero attached hydrogens (tertiary/aromatic N) is 4. The van der Waals surface area contributed by atoms with Gasteiger partial charge in [-0.05, 0) is 24.6 Å². The summed E-state index contributed by atoms with van der Waals surface area (Å²) >= 11 is 0. The molecule has 0 bridgehead atoms. The highest BCUT2D eigenvalue weighted by atomic mass is 32.2. The van der Waals surface area contributed by atoms with Crippen molar-refractivity contribution in [3.63, 3.8) is 0 Å². The van der Waals surface area contributed by atoms with Crippen LogP contribution in [0.3, 0.4) is 0 Å². The molecule has 2 aromatic rings. The number of carbonyl (C=O) groups excluding carboxylic acids is 1. The molecule has 0 aliphatic carbocycles. The van der Waals surface area contributed by atoms with E-state index in [-0.39, 0.29) is 12.5 Å². The highest BCUT2D eigenvalue weighted by Crippen LogP contribution is 2.19. The Kier molecular flexibility index (Phi) is 4.81. The second-order valence-electron chi connectivity index (χ2n) is 6.25. The van der Waals surface area contributed by atoms with Crippen molar-refractivity contribution < 1.29 is 17.6 Å². The number of hydrogen-bond acceptors (Lipinski definition) is 5. The third kappa shape index (κ3) is 3.53. The number of benzene rings is 1. The van der Waals surface area contributed by atoms with Gasteiger partial charge in [-0.1, -0.05) is 0 Å². The lowest BCUT2D eigenvalue weighted by molar-refractivity contribution is 0.0764. The van der Waals surface area contributed by atoms with Gasteiger partial charge >= 0.3 is 0 Å². The molecule has 0 spiro atoms. The van der Waals surface area contributed by atoms with E-state index < -0.39 is 10.2 Å². The lowest BCUT2D eigenvalue weighted by Gasteiger charge is -2.24. The predicted molar refractivity (Wildman–Crippen MR) is 93.4 cm³/mol. The van der Waals surface area contributed by atoms with Crippen molar-refractivity contribution in [2.45, 2.75) is 13.3 Å². The van der Waals surface area contributed by atoms with Gasteiger partial charge in [0.05, 0.1) is 0 Å². The number of oxazole rings is 1. The van der Waals surface area contributed by atoms with E-state index in [1.54, 1.807) is 30.0 Å². The summed E-state index contributed by atoms with van der Waals surface area (Å²) in [6.07, 6.45) is 0.600. The normalized spacial score (nSPS) is 17.2. The Morgan fingerprint density at radius 3 is 2.68 bits per heavy atom. The van der Waals surface area contributed by atoms with Gasteiger partial charge in [-0.15, -0.1) is 0 Å². The van der Waals surface area contributed by atoms with Gasteiger partial charge in [0.2, 0.25) is 0 Å². The molecule has 25 heavy (non-hydrogen) atoms. The van der Waals surface area contributed by atoms with Crippen LogP contribution in [-0.2, 0) is 10.2 Å². The van der Waals surface area contributed by atoms with Crippen LogP contribution < -0.4 is 0 Å². The van der Waals surface area contributed by atoms with Crippen molar-refractivity contribution in [3.05, 3.63) is 29.7 Å². The Bertz CT molecular complexity index is 891.